The number of hydrogen-bond acceptors (Lipinski definition) is 6. The number of amides is 1. The first-order valence-electron chi connectivity index (χ1n) is 12.6. The molecule has 0 bridgehead atoms. The number of ether oxygens (including phenoxy) is 2. The summed E-state index contributed by atoms with van der Waals surface area (Å²) in [5, 5.41) is 15.9. The van der Waals surface area contributed by atoms with Crippen molar-refractivity contribution in [1.29, 1.82) is 5.41 Å². The van der Waals surface area contributed by atoms with Gasteiger partial charge in [0.05, 0.1) is 12.2 Å². The SMILES string of the molecule is CCCCCCCC1=NN2C(=N)/C(=C/c3ccc(OCc4ccc(F)cc4)c(OCC)c3)C(=O)N=C2S1. The van der Waals surface area contributed by atoms with Gasteiger partial charge in [-0.25, -0.2) is 4.39 Å². The first-order valence-corrected chi connectivity index (χ1v) is 13.4. The summed E-state index contributed by atoms with van der Waals surface area (Å²) >= 11 is 1.37. The summed E-state index contributed by atoms with van der Waals surface area (Å²) in [6, 6.07) is 11.4. The third kappa shape index (κ3) is 6.85. The lowest BCUT2D eigenvalue weighted by Crippen LogP contribution is -2.35. The number of fused-ring (bicyclic) bond motifs is 1. The maximum absolute atomic E-state index is 13.2. The van der Waals surface area contributed by atoms with E-state index < -0.39 is 5.91 Å². The van der Waals surface area contributed by atoms with Crippen LogP contribution in [0.25, 0.3) is 6.08 Å². The molecule has 0 fully saturated rings. The number of halogens is 1. The average Bonchev–Trinajstić information content (AvgIpc) is 3.30. The highest BCUT2D eigenvalue weighted by Gasteiger charge is 2.35. The van der Waals surface area contributed by atoms with Gasteiger partial charge in [-0.3, -0.25) is 10.2 Å². The van der Waals surface area contributed by atoms with Gasteiger partial charge in [0.25, 0.3) is 5.91 Å². The van der Waals surface area contributed by atoms with Crippen LogP contribution in [0.1, 0.15) is 63.5 Å². The van der Waals surface area contributed by atoms with E-state index >= 15 is 0 Å². The highest BCUT2D eigenvalue weighted by Crippen LogP contribution is 2.33. The molecule has 1 N–H and O–H groups in total. The number of unbranched alkanes of at least 4 members (excludes halogenated alkanes) is 4. The Hall–Kier alpha value is -3.46. The van der Waals surface area contributed by atoms with Crippen LogP contribution in [-0.2, 0) is 11.4 Å². The Morgan fingerprint density at radius 1 is 1.03 bits per heavy atom. The van der Waals surface area contributed by atoms with E-state index in [1.807, 2.05) is 6.92 Å². The van der Waals surface area contributed by atoms with Crippen molar-refractivity contribution in [2.24, 2.45) is 10.1 Å². The average molecular weight is 523 g/mol. The van der Waals surface area contributed by atoms with Crippen LogP contribution >= 0.6 is 11.8 Å². The van der Waals surface area contributed by atoms with E-state index in [1.54, 1.807) is 36.4 Å². The Balaban J connectivity index is 1.47. The molecule has 9 heteroatoms. The molecular formula is C28H31FN4O3S. The fraction of sp³-hybridized carbons (Fsp3) is 0.357. The van der Waals surface area contributed by atoms with Crippen LogP contribution in [0.4, 0.5) is 4.39 Å². The number of amidine groups is 2. The summed E-state index contributed by atoms with van der Waals surface area (Å²) in [5.74, 6) is 0.295. The standard InChI is InChI=1S/C28H31FN4O3S/c1-3-5-6-7-8-9-25-32-33-26(30)22(27(34)31-28(33)37-25)16-20-12-15-23(24(17-20)35-4-2)36-18-19-10-13-21(29)14-11-19/h10-17,30H,3-9,18H2,1-2H3/b22-16-,30-26?. The number of carbonyl (C=O) groups excluding carboxylic acids is 1. The number of carbonyl (C=O) groups is 1. The van der Waals surface area contributed by atoms with Crippen molar-refractivity contribution in [3.05, 3.63) is 65.0 Å². The molecule has 2 aliphatic heterocycles. The number of thioether (sulfide) groups is 1. The summed E-state index contributed by atoms with van der Waals surface area (Å²) < 4.78 is 24.8. The van der Waals surface area contributed by atoms with Crippen molar-refractivity contribution in [3.63, 3.8) is 0 Å². The molecule has 2 aromatic carbocycles. The Bertz CT molecular complexity index is 1240. The topological polar surface area (TPSA) is 87.3 Å². The number of hydrogen-bond donors (Lipinski definition) is 1. The maximum Gasteiger partial charge on any atom is 0.283 e. The smallest absolute Gasteiger partial charge is 0.283 e. The molecule has 7 nitrogen and oxygen atoms in total. The van der Waals surface area contributed by atoms with Gasteiger partial charge in [-0.05, 0) is 73.0 Å². The molecule has 0 spiro atoms. The molecule has 0 aromatic heterocycles. The minimum absolute atomic E-state index is 0.0121. The fourth-order valence-corrected chi connectivity index (χ4v) is 4.85. The van der Waals surface area contributed by atoms with Crippen LogP contribution in [0.15, 0.2) is 58.1 Å². The van der Waals surface area contributed by atoms with E-state index in [9.17, 15) is 9.18 Å². The molecule has 2 aromatic rings. The quantitative estimate of drug-likeness (QED) is 0.245. The zero-order valence-electron chi connectivity index (χ0n) is 21.1. The van der Waals surface area contributed by atoms with Crippen LogP contribution < -0.4 is 9.47 Å². The third-order valence-corrected chi connectivity index (χ3v) is 6.84. The number of benzene rings is 2. The van der Waals surface area contributed by atoms with E-state index in [2.05, 4.69) is 17.0 Å². The monoisotopic (exact) mass is 522 g/mol. The summed E-state index contributed by atoms with van der Waals surface area (Å²) in [6.07, 6.45) is 8.27. The van der Waals surface area contributed by atoms with Crippen LogP contribution in [-0.4, -0.2) is 33.6 Å². The highest BCUT2D eigenvalue weighted by atomic mass is 32.2. The number of aliphatic imine (C=N–C) groups is 1. The Labute approximate surface area is 221 Å². The molecule has 0 unspecified atom stereocenters. The van der Waals surface area contributed by atoms with Gasteiger partial charge in [0.2, 0.25) is 5.17 Å². The second-order valence-corrected chi connectivity index (χ2v) is 9.77. The van der Waals surface area contributed by atoms with Crippen molar-refractivity contribution in [3.8, 4) is 11.5 Å². The normalized spacial score (nSPS) is 16.1. The van der Waals surface area contributed by atoms with Gasteiger partial charge >= 0.3 is 0 Å². The van der Waals surface area contributed by atoms with Gasteiger partial charge in [0.15, 0.2) is 17.3 Å². The minimum Gasteiger partial charge on any atom is -0.490 e. The van der Waals surface area contributed by atoms with Crippen LogP contribution in [0.3, 0.4) is 0 Å². The second-order valence-electron chi connectivity index (χ2n) is 8.73. The number of rotatable bonds is 12. The zero-order valence-corrected chi connectivity index (χ0v) is 21.9. The molecule has 0 saturated carbocycles. The largest absolute Gasteiger partial charge is 0.490 e. The van der Waals surface area contributed by atoms with Crippen molar-refractivity contribution in [2.75, 3.05) is 6.61 Å². The number of hydrazone groups is 1. The van der Waals surface area contributed by atoms with E-state index in [0.29, 0.717) is 28.8 Å². The van der Waals surface area contributed by atoms with E-state index in [-0.39, 0.29) is 23.8 Å². The summed E-state index contributed by atoms with van der Waals surface area (Å²) in [6.45, 7) is 4.75. The molecule has 1 amide bonds. The van der Waals surface area contributed by atoms with Crippen molar-refractivity contribution >= 4 is 39.8 Å². The molecule has 0 aliphatic carbocycles. The van der Waals surface area contributed by atoms with Crippen molar-refractivity contribution < 1.29 is 18.7 Å². The van der Waals surface area contributed by atoms with Gasteiger partial charge in [-0.2, -0.15) is 15.1 Å². The Morgan fingerprint density at radius 3 is 2.57 bits per heavy atom. The molecule has 0 radical (unpaired) electrons. The minimum atomic E-state index is -0.460. The molecule has 2 heterocycles. The maximum atomic E-state index is 13.2. The first kappa shape index (κ1) is 26.6. The lowest BCUT2D eigenvalue weighted by Gasteiger charge is -2.20. The molecule has 0 saturated heterocycles. The molecule has 4 rings (SSSR count). The molecule has 37 heavy (non-hydrogen) atoms. The summed E-state index contributed by atoms with van der Waals surface area (Å²) in [4.78, 5) is 17.0. The van der Waals surface area contributed by atoms with Crippen LogP contribution in [0, 0.1) is 11.2 Å². The Kier molecular flexibility index (Phi) is 9.11. The second kappa shape index (κ2) is 12.7. The summed E-state index contributed by atoms with van der Waals surface area (Å²) in [7, 11) is 0. The third-order valence-electron chi connectivity index (χ3n) is 5.88. The lowest BCUT2D eigenvalue weighted by molar-refractivity contribution is -0.114. The zero-order chi connectivity index (χ0) is 26.2. The van der Waals surface area contributed by atoms with Crippen LogP contribution in [0.2, 0.25) is 0 Å². The predicted molar refractivity (Wildman–Crippen MR) is 147 cm³/mol. The van der Waals surface area contributed by atoms with E-state index in [1.165, 1.54) is 48.2 Å². The van der Waals surface area contributed by atoms with Crippen molar-refractivity contribution in [1.82, 2.24) is 5.01 Å². The van der Waals surface area contributed by atoms with Gasteiger partial charge in [0, 0.05) is 0 Å². The Morgan fingerprint density at radius 2 is 1.81 bits per heavy atom. The highest BCUT2D eigenvalue weighted by molar-refractivity contribution is 8.26. The molecule has 194 valence electrons. The van der Waals surface area contributed by atoms with Crippen molar-refractivity contribution in [2.45, 2.75) is 59.0 Å². The van der Waals surface area contributed by atoms with Gasteiger partial charge in [-0.1, -0.05) is 50.8 Å². The van der Waals surface area contributed by atoms with Gasteiger partial charge in [0.1, 0.15) is 17.5 Å². The van der Waals surface area contributed by atoms with Gasteiger partial charge in [-0.15, -0.1) is 0 Å². The first-order chi connectivity index (χ1) is 18.0. The van der Waals surface area contributed by atoms with E-state index in [0.717, 1.165) is 29.9 Å². The lowest BCUT2D eigenvalue weighted by atomic mass is 10.1. The number of nitrogens with one attached hydrogen (secondary N) is 1. The summed E-state index contributed by atoms with van der Waals surface area (Å²) in [5.41, 5.74) is 1.67. The number of nitrogens with zero attached hydrogens (tertiary/aromatic N) is 3. The fourth-order valence-electron chi connectivity index (χ4n) is 3.92. The van der Waals surface area contributed by atoms with Crippen LogP contribution in [0.5, 0.6) is 11.5 Å². The van der Waals surface area contributed by atoms with Gasteiger partial charge < -0.3 is 9.47 Å². The molecule has 2 aliphatic rings. The predicted octanol–water partition coefficient (Wildman–Crippen LogP) is 6.78. The van der Waals surface area contributed by atoms with E-state index in [4.69, 9.17) is 14.9 Å². The molecular weight excluding hydrogens is 491 g/mol. The molecule has 0 atom stereocenters.